The molecule has 0 heterocycles. The first kappa shape index (κ1) is 10.7. The number of aromatic carboxylic acids is 1. The highest BCUT2D eigenvalue weighted by Crippen LogP contribution is 2.24. The molecule has 0 aliphatic heterocycles. The standard InChI is InChI=1S/C9H6N2O4/c1-5-2-6(4-10)8(9(12)13)7(3-5)11(14)15/h2-3H,1H3,(H,12,13). The molecule has 1 N–H and O–H groups in total. The Kier molecular flexibility index (Phi) is 2.67. The van der Waals surface area contributed by atoms with Gasteiger partial charge in [0.2, 0.25) is 0 Å². The van der Waals surface area contributed by atoms with Gasteiger partial charge in [0.25, 0.3) is 5.69 Å². The zero-order valence-electron chi connectivity index (χ0n) is 7.72. The lowest BCUT2D eigenvalue weighted by Crippen LogP contribution is -2.06. The highest BCUT2D eigenvalue weighted by molar-refractivity contribution is 5.95. The summed E-state index contributed by atoms with van der Waals surface area (Å²) in [5.74, 6) is -1.47. The molecule has 0 radical (unpaired) electrons. The number of aryl methyl sites for hydroxylation is 1. The molecule has 0 amide bonds. The van der Waals surface area contributed by atoms with Crippen molar-refractivity contribution in [3.8, 4) is 6.07 Å². The first-order chi connectivity index (χ1) is 6.97. The van der Waals surface area contributed by atoms with Gasteiger partial charge in [0.15, 0.2) is 5.56 Å². The Labute approximate surface area is 84.5 Å². The molecule has 0 unspecified atom stereocenters. The molecule has 0 aromatic heterocycles. The van der Waals surface area contributed by atoms with Gasteiger partial charge in [-0.25, -0.2) is 4.79 Å². The van der Waals surface area contributed by atoms with Crippen LogP contribution in [-0.4, -0.2) is 16.0 Å². The number of rotatable bonds is 2. The number of nitro benzene ring substituents is 1. The average molecular weight is 206 g/mol. The van der Waals surface area contributed by atoms with Crippen LogP contribution in [0.15, 0.2) is 12.1 Å². The second-order valence-corrected chi connectivity index (χ2v) is 2.88. The van der Waals surface area contributed by atoms with Gasteiger partial charge in [0, 0.05) is 6.07 Å². The lowest BCUT2D eigenvalue weighted by molar-refractivity contribution is -0.385. The molecule has 1 aromatic rings. The molecule has 0 fully saturated rings. The van der Waals surface area contributed by atoms with Gasteiger partial charge in [-0.1, -0.05) is 0 Å². The third-order valence-corrected chi connectivity index (χ3v) is 1.79. The molecule has 15 heavy (non-hydrogen) atoms. The van der Waals surface area contributed by atoms with Crippen LogP contribution in [-0.2, 0) is 0 Å². The number of benzene rings is 1. The summed E-state index contributed by atoms with van der Waals surface area (Å²) >= 11 is 0. The van der Waals surface area contributed by atoms with Gasteiger partial charge >= 0.3 is 5.97 Å². The van der Waals surface area contributed by atoms with Gasteiger partial charge in [-0.2, -0.15) is 5.26 Å². The second-order valence-electron chi connectivity index (χ2n) is 2.88. The molecule has 1 aromatic carbocycles. The Morgan fingerprint density at radius 1 is 1.60 bits per heavy atom. The van der Waals surface area contributed by atoms with Gasteiger partial charge in [0.05, 0.1) is 10.5 Å². The fraction of sp³-hybridized carbons (Fsp3) is 0.111. The van der Waals surface area contributed by atoms with Crippen molar-refractivity contribution in [1.82, 2.24) is 0 Å². The van der Waals surface area contributed by atoms with Crippen molar-refractivity contribution in [3.63, 3.8) is 0 Å². The van der Waals surface area contributed by atoms with E-state index >= 15 is 0 Å². The van der Waals surface area contributed by atoms with Gasteiger partial charge in [0.1, 0.15) is 6.07 Å². The van der Waals surface area contributed by atoms with E-state index in [-0.39, 0.29) is 5.56 Å². The molecule has 0 bridgehead atoms. The summed E-state index contributed by atoms with van der Waals surface area (Å²) in [6, 6.07) is 4.06. The summed E-state index contributed by atoms with van der Waals surface area (Å²) in [6.07, 6.45) is 0. The van der Waals surface area contributed by atoms with Crippen molar-refractivity contribution in [3.05, 3.63) is 38.9 Å². The molecular weight excluding hydrogens is 200 g/mol. The van der Waals surface area contributed by atoms with E-state index < -0.39 is 22.1 Å². The molecule has 0 saturated heterocycles. The van der Waals surface area contributed by atoms with Crippen LogP contribution < -0.4 is 0 Å². The number of nitriles is 1. The fourth-order valence-corrected chi connectivity index (χ4v) is 1.22. The SMILES string of the molecule is Cc1cc(C#N)c(C(=O)O)c([N+](=O)[O-])c1. The number of hydrogen-bond donors (Lipinski definition) is 1. The molecule has 0 saturated carbocycles. The molecule has 0 atom stereocenters. The van der Waals surface area contributed by atoms with E-state index in [1.807, 2.05) is 0 Å². The number of hydrogen-bond acceptors (Lipinski definition) is 4. The van der Waals surface area contributed by atoms with Gasteiger partial charge in [-0.15, -0.1) is 0 Å². The van der Waals surface area contributed by atoms with Crippen molar-refractivity contribution in [2.45, 2.75) is 6.92 Å². The van der Waals surface area contributed by atoms with E-state index in [0.717, 1.165) is 6.07 Å². The quantitative estimate of drug-likeness (QED) is 0.582. The Hall–Kier alpha value is -2.42. The summed E-state index contributed by atoms with van der Waals surface area (Å²) in [4.78, 5) is 20.5. The van der Waals surface area contributed by atoms with Gasteiger partial charge < -0.3 is 5.11 Å². The molecule has 76 valence electrons. The maximum absolute atomic E-state index is 10.8. The summed E-state index contributed by atoms with van der Waals surface area (Å²) < 4.78 is 0. The van der Waals surface area contributed by atoms with Crippen LogP contribution in [0.5, 0.6) is 0 Å². The van der Waals surface area contributed by atoms with E-state index in [1.165, 1.54) is 6.07 Å². The highest BCUT2D eigenvalue weighted by Gasteiger charge is 2.24. The molecule has 1 rings (SSSR count). The first-order valence-corrected chi connectivity index (χ1v) is 3.89. The van der Waals surface area contributed by atoms with Crippen molar-refractivity contribution in [2.24, 2.45) is 0 Å². The molecule has 0 aliphatic rings. The third-order valence-electron chi connectivity index (χ3n) is 1.79. The zero-order chi connectivity index (χ0) is 11.6. The maximum atomic E-state index is 10.8. The van der Waals surface area contributed by atoms with Crippen LogP contribution in [0.2, 0.25) is 0 Å². The second kappa shape index (κ2) is 3.75. The minimum Gasteiger partial charge on any atom is -0.477 e. The van der Waals surface area contributed by atoms with Crippen LogP contribution >= 0.6 is 0 Å². The predicted molar refractivity (Wildman–Crippen MR) is 49.5 cm³/mol. The zero-order valence-corrected chi connectivity index (χ0v) is 7.72. The Morgan fingerprint density at radius 3 is 2.60 bits per heavy atom. The third kappa shape index (κ3) is 1.91. The predicted octanol–water partition coefficient (Wildman–Crippen LogP) is 1.47. The van der Waals surface area contributed by atoms with Crippen LogP contribution in [0, 0.1) is 28.4 Å². The number of nitro groups is 1. The number of carboxylic acids is 1. The molecule has 0 spiro atoms. The lowest BCUT2D eigenvalue weighted by atomic mass is 10.0. The van der Waals surface area contributed by atoms with E-state index in [4.69, 9.17) is 10.4 Å². The van der Waals surface area contributed by atoms with Gasteiger partial charge in [-0.05, 0) is 18.6 Å². The van der Waals surface area contributed by atoms with E-state index in [2.05, 4.69) is 0 Å². The number of carboxylic acid groups (broad SMARTS) is 1. The maximum Gasteiger partial charge on any atom is 0.344 e. The first-order valence-electron chi connectivity index (χ1n) is 3.89. The topological polar surface area (TPSA) is 104 Å². The van der Waals surface area contributed by atoms with Crippen LogP contribution in [0.25, 0.3) is 0 Å². The normalized spacial score (nSPS) is 9.33. The van der Waals surface area contributed by atoms with Gasteiger partial charge in [-0.3, -0.25) is 10.1 Å². The fourth-order valence-electron chi connectivity index (χ4n) is 1.22. The number of carbonyl (C=O) groups is 1. The van der Waals surface area contributed by atoms with Crippen molar-refractivity contribution >= 4 is 11.7 Å². The highest BCUT2D eigenvalue weighted by atomic mass is 16.6. The summed E-state index contributed by atoms with van der Waals surface area (Å²) in [7, 11) is 0. The smallest absolute Gasteiger partial charge is 0.344 e. The largest absolute Gasteiger partial charge is 0.477 e. The lowest BCUT2D eigenvalue weighted by Gasteiger charge is -2.01. The Balaban J connectivity index is 3.64. The van der Waals surface area contributed by atoms with Crippen molar-refractivity contribution < 1.29 is 14.8 Å². The molecule has 6 heteroatoms. The summed E-state index contributed by atoms with van der Waals surface area (Å²) in [5.41, 5.74) is -0.843. The van der Waals surface area contributed by atoms with E-state index in [1.54, 1.807) is 13.0 Å². The molecule has 0 aliphatic carbocycles. The van der Waals surface area contributed by atoms with Crippen molar-refractivity contribution in [2.75, 3.05) is 0 Å². The molecule has 6 nitrogen and oxygen atoms in total. The Bertz CT molecular complexity index is 488. The summed E-state index contributed by atoms with van der Waals surface area (Å²) in [5, 5.41) is 28.0. The molecular formula is C9H6N2O4. The van der Waals surface area contributed by atoms with Crippen molar-refractivity contribution in [1.29, 1.82) is 5.26 Å². The van der Waals surface area contributed by atoms with E-state index in [0.29, 0.717) is 5.56 Å². The average Bonchev–Trinajstić information content (AvgIpc) is 2.15. The van der Waals surface area contributed by atoms with E-state index in [9.17, 15) is 14.9 Å². The monoisotopic (exact) mass is 206 g/mol. The summed E-state index contributed by atoms with van der Waals surface area (Å²) in [6.45, 7) is 1.56. The van der Waals surface area contributed by atoms with Crippen LogP contribution in [0.4, 0.5) is 5.69 Å². The van der Waals surface area contributed by atoms with Crippen LogP contribution in [0.1, 0.15) is 21.5 Å². The Morgan fingerprint density at radius 2 is 2.20 bits per heavy atom. The minimum absolute atomic E-state index is 0.200. The van der Waals surface area contributed by atoms with Crippen LogP contribution in [0.3, 0.4) is 0 Å². The minimum atomic E-state index is -1.47. The number of nitrogens with zero attached hydrogens (tertiary/aromatic N) is 2.